The summed E-state index contributed by atoms with van der Waals surface area (Å²) in [5, 5.41) is 4.32. The van der Waals surface area contributed by atoms with Crippen LogP contribution in [0.1, 0.15) is 32.1 Å². The Kier molecular flexibility index (Phi) is 4.18. The molecule has 98 valence electrons. The largest absolute Gasteiger partial charge is 0.291 e. The molecule has 0 atom stereocenters. The minimum Gasteiger partial charge on any atom is -0.291 e. The van der Waals surface area contributed by atoms with E-state index >= 15 is 0 Å². The second-order valence-electron chi connectivity index (χ2n) is 4.92. The number of hydrogen-bond acceptors (Lipinski definition) is 2. The average molecular weight is 247 g/mol. The van der Waals surface area contributed by atoms with Crippen LogP contribution in [-0.4, -0.2) is 22.2 Å². The number of carbonyl (C=O) groups is 1. The van der Waals surface area contributed by atoms with Crippen LogP contribution in [0, 0.1) is 5.92 Å². The highest BCUT2D eigenvalue weighted by molar-refractivity contribution is 5.94. The minimum absolute atomic E-state index is 0.167. The lowest BCUT2D eigenvalue weighted by Crippen LogP contribution is -2.37. The molecule has 18 heavy (non-hydrogen) atoms. The van der Waals surface area contributed by atoms with E-state index in [9.17, 15) is 4.79 Å². The summed E-state index contributed by atoms with van der Waals surface area (Å²) in [5.74, 6) is 1.10. The van der Waals surface area contributed by atoms with E-state index in [1.165, 1.54) is 19.3 Å². The topological polar surface area (TPSA) is 38.1 Å². The van der Waals surface area contributed by atoms with Gasteiger partial charge >= 0.3 is 0 Å². The van der Waals surface area contributed by atoms with Gasteiger partial charge in [-0.2, -0.15) is 5.10 Å². The highest BCUT2D eigenvalue weighted by Gasteiger charge is 2.27. The van der Waals surface area contributed by atoms with Crippen LogP contribution in [0.5, 0.6) is 0 Å². The molecule has 1 aliphatic rings. The third-order valence-electron chi connectivity index (χ3n) is 3.51. The van der Waals surface area contributed by atoms with Crippen LogP contribution in [0.2, 0.25) is 0 Å². The lowest BCUT2D eigenvalue weighted by Gasteiger charge is -2.27. The Morgan fingerprint density at radius 2 is 2.28 bits per heavy atom. The molecule has 1 heterocycles. The molecule has 0 spiro atoms. The molecular formula is C14H21N3O. The van der Waals surface area contributed by atoms with Gasteiger partial charge in [-0.1, -0.05) is 25.3 Å². The zero-order chi connectivity index (χ0) is 13.0. The van der Waals surface area contributed by atoms with Crippen molar-refractivity contribution >= 4 is 11.7 Å². The minimum atomic E-state index is 0.167. The van der Waals surface area contributed by atoms with Crippen molar-refractivity contribution in [3.8, 4) is 0 Å². The molecule has 0 unspecified atom stereocenters. The van der Waals surface area contributed by atoms with E-state index in [-0.39, 0.29) is 11.8 Å². The molecule has 4 nitrogen and oxygen atoms in total. The number of anilines is 1. The highest BCUT2D eigenvalue weighted by Crippen LogP contribution is 2.27. The molecule has 0 N–H and O–H groups in total. The van der Waals surface area contributed by atoms with Gasteiger partial charge in [0.25, 0.3) is 0 Å². The molecule has 0 saturated heterocycles. The second-order valence-corrected chi connectivity index (χ2v) is 4.92. The Morgan fingerprint density at radius 3 is 2.83 bits per heavy atom. The van der Waals surface area contributed by atoms with Crippen molar-refractivity contribution in [2.24, 2.45) is 13.0 Å². The molecule has 1 fully saturated rings. The van der Waals surface area contributed by atoms with E-state index in [1.807, 2.05) is 19.3 Å². The van der Waals surface area contributed by atoms with Gasteiger partial charge in [-0.3, -0.25) is 14.4 Å². The molecule has 1 aliphatic carbocycles. The summed E-state index contributed by atoms with van der Waals surface area (Å²) in [5.41, 5.74) is 0. The molecule has 1 saturated carbocycles. The van der Waals surface area contributed by atoms with Gasteiger partial charge in [0.05, 0.1) is 0 Å². The molecular weight excluding hydrogens is 226 g/mol. The maximum atomic E-state index is 12.5. The molecule has 2 rings (SSSR count). The lowest BCUT2D eigenvalue weighted by atomic mass is 9.88. The van der Waals surface area contributed by atoms with Crippen LogP contribution in [0.25, 0.3) is 0 Å². The predicted molar refractivity (Wildman–Crippen MR) is 72.3 cm³/mol. The van der Waals surface area contributed by atoms with Crippen molar-refractivity contribution in [2.75, 3.05) is 11.4 Å². The van der Waals surface area contributed by atoms with Gasteiger partial charge < -0.3 is 0 Å². The summed E-state index contributed by atoms with van der Waals surface area (Å²) in [6.07, 6.45) is 9.24. The van der Waals surface area contributed by atoms with Crippen LogP contribution >= 0.6 is 0 Å². The van der Waals surface area contributed by atoms with Gasteiger partial charge in [0.2, 0.25) is 5.91 Å². The van der Waals surface area contributed by atoms with E-state index in [0.717, 1.165) is 18.7 Å². The van der Waals surface area contributed by atoms with E-state index in [0.29, 0.717) is 6.54 Å². The van der Waals surface area contributed by atoms with Crippen LogP contribution in [0.4, 0.5) is 5.82 Å². The van der Waals surface area contributed by atoms with Crippen molar-refractivity contribution in [2.45, 2.75) is 32.1 Å². The van der Waals surface area contributed by atoms with Gasteiger partial charge in [-0.25, -0.2) is 0 Å². The molecule has 1 amide bonds. The van der Waals surface area contributed by atoms with E-state index < -0.39 is 0 Å². The average Bonchev–Trinajstić information content (AvgIpc) is 2.82. The van der Waals surface area contributed by atoms with Crippen LogP contribution < -0.4 is 4.90 Å². The molecule has 4 heteroatoms. The summed E-state index contributed by atoms with van der Waals surface area (Å²) in [7, 11) is 1.86. The lowest BCUT2D eigenvalue weighted by molar-refractivity contribution is -0.123. The third kappa shape index (κ3) is 2.81. The van der Waals surface area contributed by atoms with Gasteiger partial charge in [-0.15, -0.1) is 6.58 Å². The SMILES string of the molecule is C=CCN(C(=O)C1CCCCC1)c1ccn(C)n1. The van der Waals surface area contributed by atoms with Gasteiger partial charge in [-0.05, 0) is 12.8 Å². The fraction of sp³-hybridized carbons (Fsp3) is 0.571. The second kappa shape index (κ2) is 5.85. The number of aryl methyl sites for hydroxylation is 1. The number of hydrogen-bond donors (Lipinski definition) is 0. The zero-order valence-corrected chi connectivity index (χ0v) is 11.0. The number of aromatic nitrogens is 2. The van der Waals surface area contributed by atoms with E-state index in [2.05, 4.69) is 11.7 Å². The quantitative estimate of drug-likeness (QED) is 0.767. The predicted octanol–water partition coefficient (Wildman–Crippen LogP) is 2.52. The highest BCUT2D eigenvalue weighted by atomic mass is 16.2. The molecule has 1 aromatic rings. The van der Waals surface area contributed by atoms with Crippen molar-refractivity contribution in [3.63, 3.8) is 0 Å². The van der Waals surface area contributed by atoms with Crippen LogP contribution in [-0.2, 0) is 11.8 Å². The summed E-state index contributed by atoms with van der Waals surface area (Å²) in [6.45, 7) is 4.27. The summed E-state index contributed by atoms with van der Waals surface area (Å²) < 4.78 is 1.72. The van der Waals surface area contributed by atoms with Crippen molar-refractivity contribution in [1.82, 2.24) is 9.78 Å². The Labute approximate surface area is 108 Å². The van der Waals surface area contributed by atoms with Gasteiger partial charge in [0.1, 0.15) is 0 Å². The molecule has 0 radical (unpaired) electrons. The summed E-state index contributed by atoms with van der Waals surface area (Å²) in [4.78, 5) is 14.3. The Bertz CT molecular complexity index is 418. The first-order chi connectivity index (χ1) is 8.72. The number of nitrogens with zero attached hydrogens (tertiary/aromatic N) is 3. The van der Waals surface area contributed by atoms with Crippen molar-refractivity contribution in [3.05, 3.63) is 24.9 Å². The smallest absolute Gasteiger partial charge is 0.231 e. The fourth-order valence-corrected chi connectivity index (χ4v) is 2.54. The maximum Gasteiger partial charge on any atom is 0.231 e. The first-order valence-corrected chi connectivity index (χ1v) is 6.64. The molecule has 1 aromatic heterocycles. The third-order valence-corrected chi connectivity index (χ3v) is 3.51. The van der Waals surface area contributed by atoms with Gasteiger partial charge in [0.15, 0.2) is 5.82 Å². The number of rotatable bonds is 4. The fourth-order valence-electron chi connectivity index (χ4n) is 2.54. The molecule has 0 bridgehead atoms. The number of amides is 1. The van der Waals surface area contributed by atoms with Gasteiger partial charge in [0, 0.05) is 31.8 Å². The Balaban J connectivity index is 2.13. The molecule has 0 aliphatic heterocycles. The van der Waals surface area contributed by atoms with Crippen LogP contribution in [0.15, 0.2) is 24.9 Å². The normalized spacial score (nSPS) is 16.5. The molecule has 0 aromatic carbocycles. The Morgan fingerprint density at radius 1 is 1.56 bits per heavy atom. The van der Waals surface area contributed by atoms with E-state index in [4.69, 9.17) is 0 Å². The van der Waals surface area contributed by atoms with Crippen molar-refractivity contribution < 1.29 is 4.79 Å². The maximum absolute atomic E-state index is 12.5. The first kappa shape index (κ1) is 12.9. The van der Waals surface area contributed by atoms with Crippen LogP contribution in [0.3, 0.4) is 0 Å². The first-order valence-electron chi connectivity index (χ1n) is 6.64. The van der Waals surface area contributed by atoms with Crippen molar-refractivity contribution in [1.29, 1.82) is 0 Å². The zero-order valence-electron chi connectivity index (χ0n) is 11.0. The van der Waals surface area contributed by atoms with E-state index in [1.54, 1.807) is 15.7 Å². The Hall–Kier alpha value is -1.58. The number of carbonyl (C=O) groups excluding carboxylic acids is 1. The monoisotopic (exact) mass is 247 g/mol. The summed E-state index contributed by atoms with van der Waals surface area (Å²) >= 11 is 0. The summed E-state index contributed by atoms with van der Waals surface area (Å²) in [6, 6.07) is 1.88. The standard InChI is InChI=1S/C14H21N3O/c1-3-10-17(13-9-11-16(2)15-13)14(18)12-7-5-4-6-8-12/h3,9,11-12H,1,4-8,10H2,2H3.